The van der Waals surface area contributed by atoms with E-state index in [1.54, 1.807) is 18.9 Å². The highest BCUT2D eigenvalue weighted by Gasteiger charge is 2.28. The molecule has 4 rings (SSSR count). The largest absolute Gasteiger partial charge is 0.497 e. The molecule has 3 N–H and O–H groups in total. The summed E-state index contributed by atoms with van der Waals surface area (Å²) in [4.78, 5) is 25.8. The molecule has 8 heteroatoms. The molecule has 0 saturated heterocycles. The summed E-state index contributed by atoms with van der Waals surface area (Å²) in [5.74, 6) is 0.442. The van der Waals surface area contributed by atoms with Crippen molar-refractivity contribution in [1.82, 2.24) is 5.43 Å². The molecule has 7 nitrogen and oxygen atoms in total. The van der Waals surface area contributed by atoms with E-state index in [4.69, 9.17) is 4.74 Å². The number of amides is 2. The molecule has 0 bridgehead atoms. The molecule has 0 unspecified atom stereocenters. The second-order valence-electron chi connectivity index (χ2n) is 7.39. The van der Waals surface area contributed by atoms with E-state index in [1.165, 1.54) is 6.92 Å². The Morgan fingerprint density at radius 1 is 1.19 bits per heavy atom. The number of nitrogens with zero attached hydrogens (tertiary/aromatic N) is 1. The van der Waals surface area contributed by atoms with Gasteiger partial charge in [0, 0.05) is 33.7 Å². The average Bonchev–Trinajstić information content (AvgIpc) is 3.14. The molecule has 0 atom stereocenters. The number of rotatable bonds is 6. The van der Waals surface area contributed by atoms with Crippen LogP contribution in [-0.2, 0) is 9.59 Å². The SMILES string of the molecule is CCCC1=NNC(=O)C1=C1C=C(Sc2ccc(NC(C)=O)cc2)c2cc(OC)ccc2N1. The fraction of sp³-hybridized carbons (Fsp3) is 0.208. The van der Waals surface area contributed by atoms with Gasteiger partial charge in [-0.1, -0.05) is 25.1 Å². The minimum atomic E-state index is -0.201. The Morgan fingerprint density at radius 3 is 2.66 bits per heavy atom. The summed E-state index contributed by atoms with van der Waals surface area (Å²) >= 11 is 1.58. The third-order valence-electron chi connectivity index (χ3n) is 5.00. The summed E-state index contributed by atoms with van der Waals surface area (Å²) in [7, 11) is 1.64. The van der Waals surface area contributed by atoms with Crippen LogP contribution in [0.15, 0.2) is 69.8 Å². The zero-order valence-electron chi connectivity index (χ0n) is 18.1. The summed E-state index contributed by atoms with van der Waals surface area (Å²) in [5, 5.41) is 10.4. The number of allylic oxidation sites excluding steroid dienone is 1. The summed E-state index contributed by atoms with van der Waals surface area (Å²) in [5.41, 5.74) is 7.27. The molecule has 2 aromatic rings. The molecule has 0 fully saturated rings. The van der Waals surface area contributed by atoms with Crippen LogP contribution in [0.4, 0.5) is 11.4 Å². The molecule has 2 aliphatic heterocycles. The highest BCUT2D eigenvalue weighted by atomic mass is 32.2. The van der Waals surface area contributed by atoms with Gasteiger partial charge in [-0.15, -0.1) is 0 Å². The molecule has 0 radical (unpaired) electrons. The Kier molecular flexibility index (Phi) is 6.32. The van der Waals surface area contributed by atoms with Gasteiger partial charge >= 0.3 is 0 Å². The molecular weight excluding hydrogens is 424 g/mol. The second-order valence-corrected chi connectivity index (χ2v) is 8.51. The van der Waals surface area contributed by atoms with Crippen molar-refractivity contribution in [3.8, 4) is 5.75 Å². The van der Waals surface area contributed by atoms with E-state index < -0.39 is 0 Å². The quantitative estimate of drug-likeness (QED) is 0.555. The number of anilines is 2. The lowest BCUT2D eigenvalue weighted by molar-refractivity contribution is -0.116. The highest BCUT2D eigenvalue weighted by Crippen LogP contribution is 2.44. The predicted molar refractivity (Wildman–Crippen MR) is 129 cm³/mol. The third kappa shape index (κ3) is 4.55. The van der Waals surface area contributed by atoms with Crippen LogP contribution in [0.5, 0.6) is 5.75 Å². The van der Waals surface area contributed by atoms with Gasteiger partial charge in [0.15, 0.2) is 0 Å². The number of ether oxygens (including phenoxy) is 1. The zero-order chi connectivity index (χ0) is 22.7. The molecular formula is C24H24N4O3S. The van der Waals surface area contributed by atoms with Crippen molar-refractivity contribution < 1.29 is 14.3 Å². The standard InChI is InChI=1S/C24H24N4O3S/c1-4-5-20-23(24(30)28-27-20)21-13-22(18-12-16(31-3)8-11-19(18)26-21)32-17-9-6-15(7-10-17)25-14(2)29/h6-13,26H,4-5H2,1-3H3,(H,25,29)(H,28,30). The fourth-order valence-corrected chi connectivity index (χ4v) is 4.55. The van der Waals surface area contributed by atoms with Crippen LogP contribution in [0.25, 0.3) is 4.91 Å². The third-order valence-corrected chi connectivity index (χ3v) is 6.07. The topological polar surface area (TPSA) is 91.8 Å². The molecule has 2 heterocycles. The van der Waals surface area contributed by atoms with Gasteiger partial charge in [0.1, 0.15) is 5.75 Å². The lowest BCUT2D eigenvalue weighted by Crippen LogP contribution is -2.19. The summed E-state index contributed by atoms with van der Waals surface area (Å²) < 4.78 is 5.42. The number of hydrogen-bond donors (Lipinski definition) is 3. The second kappa shape index (κ2) is 9.32. The number of thioether (sulfide) groups is 1. The smallest absolute Gasteiger partial charge is 0.275 e. The van der Waals surface area contributed by atoms with Gasteiger partial charge in [-0.3, -0.25) is 9.59 Å². The number of carbonyl (C=O) groups excluding carboxylic acids is 2. The number of fused-ring (bicyclic) bond motifs is 1. The number of hydrogen-bond acceptors (Lipinski definition) is 6. The number of nitrogens with one attached hydrogen (secondary N) is 3. The Bertz CT molecular complexity index is 1170. The van der Waals surface area contributed by atoms with Gasteiger partial charge < -0.3 is 15.4 Å². The Labute approximate surface area is 191 Å². The van der Waals surface area contributed by atoms with Crippen LogP contribution in [0.3, 0.4) is 0 Å². The Balaban J connectivity index is 1.75. The summed E-state index contributed by atoms with van der Waals surface area (Å²) in [6.07, 6.45) is 3.60. The van der Waals surface area contributed by atoms with Crippen LogP contribution in [0.1, 0.15) is 32.3 Å². The maximum Gasteiger partial charge on any atom is 0.275 e. The minimum Gasteiger partial charge on any atom is -0.497 e. The van der Waals surface area contributed by atoms with E-state index in [1.807, 2.05) is 48.5 Å². The monoisotopic (exact) mass is 448 g/mol. The van der Waals surface area contributed by atoms with E-state index in [0.717, 1.165) is 56.7 Å². The molecule has 2 aromatic carbocycles. The lowest BCUT2D eigenvalue weighted by atomic mass is 10.00. The molecule has 0 spiro atoms. The zero-order valence-corrected chi connectivity index (χ0v) is 18.9. The molecule has 2 aliphatic rings. The van der Waals surface area contributed by atoms with Crippen molar-refractivity contribution >= 4 is 45.6 Å². The highest BCUT2D eigenvalue weighted by molar-refractivity contribution is 8.08. The maximum atomic E-state index is 12.5. The van der Waals surface area contributed by atoms with Crippen molar-refractivity contribution in [2.45, 2.75) is 31.6 Å². The van der Waals surface area contributed by atoms with Gasteiger partial charge in [0.05, 0.1) is 24.1 Å². The van der Waals surface area contributed by atoms with Crippen LogP contribution < -0.4 is 20.8 Å². The van der Waals surface area contributed by atoms with Crippen molar-refractivity contribution in [3.63, 3.8) is 0 Å². The van der Waals surface area contributed by atoms with E-state index >= 15 is 0 Å². The summed E-state index contributed by atoms with van der Waals surface area (Å²) in [6, 6.07) is 13.5. The predicted octanol–water partition coefficient (Wildman–Crippen LogP) is 4.75. The maximum absolute atomic E-state index is 12.5. The van der Waals surface area contributed by atoms with Crippen molar-refractivity contribution in [2.24, 2.45) is 5.10 Å². The minimum absolute atomic E-state index is 0.108. The number of benzene rings is 2. The van der Waals surface area contributed by atoms with E-state index in [2.05, 4.69) is 28.1 Å². The van der Waals surface area contributed by atoms with E-state index in [9.17, 15) is 9.59 Å². The first-order chi connectivity index (χ1) is 15.5. The first kappa shape index (κ1) is 21.7. The molecule has 0 aliphatic carbocycles. The normalized spacial score (nSPS) is 17.0. The van der Waals surface area contributed by atoms with Crippen LogP contribution in [-0.4, -0.2) is 24.6 Å². The molecule has 32 heavy (non-hydrogen) atoms. The Morgan fingerprint density at radius 2 is 1.97 bits per heavy atom. The van der Waals surface area contributed by atoms with Crippen molar-refractivity contribution in [3.05, 3.63) is 65.4 Å². The first-order valence-electron chi connectivity index (χ1n) is 10.3. The van der Waals surface area contributed by atoms with Crippen LogP contribution >= 0.6 is 11.8 Å². The molecule has 2 amide bonds. The van der Waals surface area contributed by atoms with Crippen molar-refractivity contribution in [2.75, 3.05) is 17.7 Å². The average molecular weight is 449 g/mol. The molecule has 0 aromatic heterocycles. The van der Waals surface area contributed by atoms with Gasteiger partial charge in [-0.25, -0.2) is 5.43 Å². The summed E-state index contributed by atoms with van der Waals surface area (Å²) in [6.45, 7) is 3.54. The molecule has 0 saturated carbocycles. The van der Waals surface area contributed by atoms with Gasteiger partial charge in [-0.2, -0.15) is 5.10 Å². The fourth-order valence-electron chi connectivity index (χ4n) is 3.57. The van der Waals surface area contributed by atoms with Crippen LogP contribution in [0, 0.1) is 0 Å². The van der Waals surface area contributed by atoms with Gasteiger partial charge in [0.2, 0.25) is 5.91 Å². The van der Waals surface area contributed by atoms with Crippen LogP contribution in [0.2, 0.25) is 0 Å². The van der Waals surface area contributed by atoms with E-state index in [0.29, 0.717) is 5.57 Å². The Hall–Kier alpha value is -3.52. The lowest BCUT2D eigenvalue weighted by Gasteiger charge is -2.23. The number of carbonyl (C=O) groups is 2. The number of hydrazone groups is 1. The first-order valence-corrected chi connectivity index (χ1v) is 11.1. The van der Waals surface area contributed by atoms with E-state index in [-0.39, 0.29) is 11.8 Å². The van der Waals surface area contributed by atoms with Crippen molar-refractivity contribution in [1.29, 1.82) is 0 Å². The number of methoxy groups -OCH3 is 1. The molecule has 164 valence electrons. The van der Waals surface area contributed by atoms with Gasteiger partial charge in [0.25, 0.3) is 5.91 Å². The van der Waals surface area contributed by atoms with Gasteiger partial charge in [-0.05, 0) is 55.0 Å².